The Kier molecular flexibility index (Phi) is 8.63. The van der Waals surface area contributed by atoms with E-state index in [0.717, 1.165) is 25.1 Å². The Labute approximate surface area is 212 Å². The largest absolute Gasteiger partial charge is 0.493 e. The SMILES string of the molecule is CCCn1cc(C)c2c(=O)[nH]c(-c3cc(S(=O)(=O)N4CCN(CC)CC4)ccc3OCC)nc21.Cl. The monoisotopic (exact) mass is 523 g/mol. The summed E-state index contributed by atoms with van der Waals surface area (Å²) in [5.74, 6) is 0.773. The highest BCUT2D eigenvalue weighted by Crippen LogP contribution is 2.32. The number of nitrogens with zero attached hydrogens (tertiary/aromatic N) is 4. The smallest absolute Gasteiger partial charge is 0.260 e. The molecule has 1 aliphatic rings. The summed E-state index contributed by atoms with van der Waals surface area (Å²) in [6.07, 6.45) is 2.83. The van der Waals surface area contributed by atoms with E-state index in [4.69, 9.17) is 9.72 Å². The van der Waals surface area contributed by atoms with Crippen molar-refractivity contribution in [2.75, 3.05) is 39.3 Å². The molecule has 0 amide bonds. The maximum atomic E-state index is 13.4. The summed E-state index contributed by atoms with van der Waals surface area (Å²) in [5.41, 5.74) is 1.65. The highest BCUT2D eigenvalue weighted by molar-refractivity contribution is 7.89. The van der Waals surface area contributed by atoms with E-state index in [2.05, 4.69) is 23.7 Å². The summed E-state index contributed by atoms with van der Waals surface area (Å²) in [7, 11) is -3.70. The zero-order valence-electron chi connectivity index (χ0n) is 20.7. The average molecular weight is 524 g/mol. The Balaban J connectivity index is 0.00000342. The minimum atomic E-state index is -3.70. The van der Waals surface area contributed by atoms with E-state index in [1.165, 1.54) is 4.31 Å². The number of halogens is 1. The third-order valence-electron chi connectivity index (χ3n) is 6.30. The van der Waals surface area contributed by atoms with Crippen LogP contribution >= 0.6 is 12.4 Å². The third kappa shape index (κ3) is 5.25. The van der Waals surface area contributed by atoms with Gasteiger partial charge >= 0.3 is 0 Å². The number of aromatic nitrogens is 3. The molecule has 0 radical (unpaired) electrons. The topological polar surface area (TPSA) is 101 Å². The molecule has 4 rings (SSSR count). The first kappa shape index (κ1) is 27.2. The first-order valence-electron chi connectivity index (χ1n) is 11.9. The molecule has 1 fully saturated rings. The fraction of sp³-hybridized carbons (Fsp3) is 0.500. The number of piperazine rings is 1. The van der Waals surface area contributed by atoms with Gasteiger partial charge in [0.15, 0.2) is 0 Å². The van der Waals surface area contributed by atoms with Crippen molar-refractivity contribution in [3.05, 3.63) is 40.3 Å². The van der Waals surface area contributed by atoms with Gasteiger partial charge in [0.1, 0.15) is 17.2 Å². The van der Waals surface area contributed by atoms with E-state index in [1.54, 1.807) is 18.2 Å². The number of fused-ring (bicyclic) bond motifs is 1. The Bertz CT molecular complexity index is 1340. The number of nitrogens with one attached hydrogen (secondary N) is 1. The van der Waals surface area contributed by atoms with Gasteiger partial charge < -0.3 is 19.2 Å². The van der Waals surface area contributed by atoms with Crippen LogP contribution in [0, 0.1) is 6.92 Å². The number of hydrogen-bond acceptors (Lipinski definition) is 6. The van der Waals surface area contributed by atoms with Crippen molar-refractivity contribution in [2.45, 2.75) is 45.6 Å². The molecule has 0 saturated carbocycles. The zero-order chi connectivity index (χ0) is 24.5. The fourth-order valence-electron chi connectivity index (χ4n) is 4.49. The molecular formula is C24H34ClN5O4S. The van der Waals surface area contributed by atoms with Crippen LogP contribution in [-0.2, 0) is 16.6 Å². The molecule has 3 aromatic rings. The maximum absolute atomic E-state index is 13.4. The van der Waals surface area contributed by atoms with E-state index in [9.17, 15) is 13.2 Å². The van der Waals surface area contributed by atoms with E-state index < -0.39 is 10.0 Å². The highest BCUT2D eigenvalue weighted by Gasteiger charge is 2.29. The third-order valence-corrected chi connectivity index (χ3v) is 8.20. The standard InChI is InChI=1S/C24H33N5O4S.ClH/c1-5-10-28-16-17(4)21-23(28)25-22(26-24(21)30)19-15-18(8-9-20(19)33-7-3)34(31,32)29-13-11-27(6-2)12-14-29;/h8-9,15-16H,5-7,10-14H2,1-4H3,(H,25,26,30);1H. The summed E-state index contributed by atoms with van der Waals surface area (Å²) in [6, 6.07) is 4.78. The lowest BCUT2D eigenvalue weighted by Crippen LogP contribution is -2.48. The predicted octanol–water partition coefficient (Wildman–Crippen LogP) is 3.26. The van der Waals surface area contributed by atoms with Crippen LogP contribution < -0.4 is 10.3 Å². The van der Waals surface area contributed by atoms with Crippen molar-refractivity contribution in [2.24, 2.45) is 0 Å². The van der Waals surface area contributed by atoms with Crippen LogP contribution in [0.1, 0.15) is 32.8 Å². The van der Waals surface area contributed by atoms with E-state index in [-0.39, 0.29) is 22.9 Å². The van der Waals surface area contributed by atoms with Crippen molar-refractivity contribution in [3.8, 4) is 17.1 Å². The molecule has 0 bridgehead atoms. The van der Waals surface area contributed by atoms with Crippen LogP contribution in [0.5, 0.6) is 5.75 Å². The molecule has 1 saturated heterocycles. The number of aromatic amines is 1. The van der Waals surface area contributed by atoms with Gasteiger partial charge in [-0.1, -0.05) is 13.8 Å². The molecule has 1 N–H and O–H groups in total. The van der Waals surface area contributed by atoms with Crippen LogP contribution in [0.25, 0.3) is 22.4 Å². The van der Waals surface area contributed by atoms with Gasteiger partial charge in [0.2, 0.25) is 10.0 Å². The van der Waals surface area contributed by atoms with Crippen molar-refractivity contribution >= 4 is 33.5 Å². The Morgan fingerprint density at radius 2 is 1.83 bits per heavy atom. The van der Waals surface area contributed by atoms with Gasteiger partial charge in [0.25, 0.3) is 5.56 Å². The number of hydrogen-bond donors (Lipinski definition) is 1. The lowest BCUT2D eigenvalue weighted by molar-refractivity contribution is 0.196. The maximum Gasteiger partial charge on any atom is 0.260 e. The molecule has 9 nitrogen and oxygen atoms in total. The second-order valence-electron chi connectivity index (χ2n) is 8.55. The minimum Gasteiger partial charge on any atom is -0.493 e. The van der Waals surface area contributed by atoms with Crippen LogP contribution in [0.3, 0.4) is 0 Å². The lowest BCUT2D eigenvalue weighted by atomic mass is 10.1. The van der Waals surface area contributed by atoms with Gasteiger partial charge in [-0.25, -0.2) is 13.4 Å². The molecule has 1 aromatic carbocycles. The number of benzene rings is 1. The lowest BCUT2D eigenvalue weighted by Gasteiger charge is -2.33. The van der Waals surface area contributed by atoms with Gasteiger partial charge in [-0.05, 0) is 50.6 Å². The number of aryl methyl sites for hydroxylation is 2. The number of likely N-dealkylation sites (N-methyl/N-ethyl adjacent to an activating group) is 1. The molecule has 0 aliphatic carbocycles. The van der Waals surface area contributed by atoms with Gasteiger partial charge in [-0.15, -0.1) is 12.4 Å². The van der Waals surface area contributed by atoms with Crippen LogP contribution in [0.4, 0.5) is 0 Å². The molecule has 0 unspecified atom stereocenters. The summed E-state index contributed by atoms with van der Waals surface area (Å²) in [4.78, 5) is 23.0. The van der Waals surface area contributed by atoms with Crippen molar-refractivity contribution < 1.29 is 13.2 Å². The highest BCUT2D eigenvalue weighted by atomic mass is 35.5. The van der Waals surface area contributed by atoms with Crippen LogP contribution in [0.15, 0.2) is 34.1 Å². The minimum absolute atomic E-state index is 0. The van der Waals surface area contributed by atoms with Gasteiger partial charge in [0.05, 0.1) is 22.5 Å². The average Bonchev–Trinajstić information content (AvgIpc) is 3.15. The van der Waals surface area contributed by atoms with Crippen molar-refractivity contribution in [1.29, 1.82) is 0 Å². The molecule has 3 heterocycles. The molecule has 0 atom stereocenters. The first-order chi connectivity index (χ1) is 16.3. The predicted molar refractivity (Wildman–Crippen MR) is 140 cm³/mol. The summed E-state index contributed by atoms with van der Waals surface area (Å²) in [6.45, 7) is 12.2. The Hall–Kier alpha value is -2.40. The van der Waals surface area contributed by atoms with Crippen LogP contribution in [0.2, 0.25) is 0 Å². The van der Waals surface area contributed by atoms with Crippen molar-refractivity contribution in [3.63, 3.8) is 0 Å². The fourth-order valence-corrected chi connectivity index (χ4v) is 5.94. The van der Waals surface area contributed by atoms with Crippen LogP contribution in [-0.4, -0.2) is 71.5 Å². The van der Waals surface area contributed by atoms with Gasteiger partial charge in [0, 0.05) is 38.9 Å². The second kappa shape index (κ2) is 11.1. The van der Waals surface area contributed by atoms with Gasteiger partial charge in [-0.2, -0.15) is 4.31 Å². The number of ether oxygens (including phenoxy) is 1. The Morgan fingerprint density at radius 3 is 2.46 bits per heavy atom. The quantitative estimate of drug-likeness (QED) is 0.486. The van der Waals surface area contributed by atoms with Crippen molar-refractivity contribution in [1.82, 2.24) is 23.7 Å². The molecule has 2 aromatic heterocycles. The zero-order valence-corrected chi connectivity index (χ0v) is 22.3. The molecule has 0 spiro atoms. The molecule has 1 aliphatic heterocycles. The van der Waals surface area contributed by atoms with E-state index >= 15 is 0 Å². The molecule has 11 heteroatoms. The number of H-pyrrole nitrogens is 1. The Morgan fingerprint density at radius 1 is 1.11 bits per heavy atom. The number of sulfonamides is 1. The summed E-state index contributed by atoms with van der Waals surface area (Å²) in [5, 5.41) is 0.549. The number of rotatable bonds is 8. The molecular weight excluding hydrogens is 490 g/mol. The first-order valence-corrected chi connectivity index (χ1v) is 13.3. The van der Waals surface area contributed by atoms with E-state index in [1.807, 2.05) is 24.6 Å². The molecule has 35 heavy (non-hydrogen) atoms. The summed E-state index contributed by atoms with van der Waals surface area (Å²) >= 11 is 0. The summed E-state index contributed by atoms with van der Waals surface area (Å²) < 4.78 is 36.1. The normalized spacial score (nSPS) is 15.3. The molecule has 192 valence electrons. The van der Waals surface area contributed by atoms with E-state index in [0.29, 0.717) is 61.0 Å². The second-order valence-corrected chi connectivity index (χ2v) is 10.5. The van der Waals surface area contributed by atoms with Gasteiger partial charge in [-0.3, -0.25) is 4.79 Å².